The minimum absolute atomic E-state index is 0.00252. The van der Waals surface area contributed by atoms with Gasteiger partial charge in [0.1, 0.15) is 0 Å². The van der Waals surface area contributed by atoms with Gasteiger partial charge in [-0.2, -0.15) is 0 Å². The van der Waals surface area contributed by atoms with Crippen molar-refractivity contribution in [3.8, 4) is 0 Å². The number of amides is 1. The number of hydrogen-bond acceptors (Lipinski definition) is 4. The lowest BCUT2D eigenvalue weighted by Gasteiger charge is -2.39. The zero-order valence-electron chi connectivity index (χ0n) is 20.3. The highest BCUT2D eigenvalue weighted by Gasteiger charge is 2.30. The molecule has 0 radical (unpaired) electrons. The van der Waals surface area contributed by atoms with Crippen molar-refractivity contribution >= 4 is 11.9 Å². The van der Waals surface area contributed by atoms with Crippen LogP contribution in [0.25, 0.3) is 0 Å². The summed E-state index contributed by atoms with van der Waals surface area (Å²) in [6.45, 7) is 17.8. The monoisotopic (exact) mass is 434 g/mol. The number of likely N-dealkylation sites (tertiary alicyclic amines) is 2. The van der Waals surface area contributed by atoms with Crippen LogP contribution in [0.3, 0.4) is 0 Å². The summed E-state index contributed by atoms with van der Waals surface area (Å²) in [4.78, 5) is 27.1. The van der Waals surface area contributed by atoms with Gasteiger partial charge in [-0.15, -0.1) is 0 Å². The Bertz CT molecular complexity index is 568. The van der Waals surface area contributed by atoms with Crippen molar-refractivity contribution in [3.63, 3.8) is 0 Å². The molecule has 0 aliphatic carbocycles. The molecule has 0 spiro atoms. The van der Waals surface area contributed by atoms with Crippen LogP contribution in [-0.2, 0) is 4.79 Å². The number of carbonyl (C=O) groups excluding carboxylic acids is 1. The number of piperidine rings is 1. The van der Waals surface area contributed by atoms with Gasteiger partial charge in [0, 0.05) is 58.9 Å². The standard InChI is InChI=1S/C24H46N6O/c1-4-25-24(26-11-5-6-12-27-13-9-10-21(2)20-27)30-18-16-28(17-19-30)22(3)23(31)29-14-7-8-15-29/h21-22H,4-20H2,1-3H3,(H,25,26). The Balaban J connectivity index is 1.39. The summed E-state index contributed by atoms with van der Waals surface area (Å²) in [5.41, 5.74) is 0. The van der Waals surface area contributed by atoms with Crippen LogP contribution in [0.4, 0.5) is 0 Å². The van der Waals surface area contributed by atoms with Gasteiger partial charge in [-0.3, -0.25) is 14.7 Å². The van der Waals surface area contributed by atoms with E-state index in [1.54, 1.807) is 0 Å². The molecule has 178 valence electrons. The van der Waals surface area contributed by atoms with Crippen LogP contribution in [0.1, 0.15) is 59.3 Å². The highest BCUT2D eigenvalue weighted by atomic mass is 16.2. The molecular weight excluding hydrogens is 388 g/mol. The number of nitrogens with one attached hydrogen (secondary N) is 1. The molecule has 3 heterocycles. The summed E-state index contributed by atoms with van der Waals surface area (Å²) >= 11 is 0. The predicted octanol–water partition coefficient (Wildman–Crippen LogP) is 2.09. The number of rotatable bonds is 8. The van der Waals surface area contributed by atoms with Crippen molar-refractivity contribution in [2.24, 2.45) is 10.9 Å². The number of guanidine groups is 1. The molecule has 3 aliphatic rings. The van der Waals surface area contributed by atoms with Crippen molar-refractivity contribution in [1.29, 1.82) is 0 Å². The first-order chi connectivity index (χ1) is 15.1. The lowest BCUT2D eigenvalue weighted by atomic mass is 10.0. The largest absolute Gasteiger partial charge is 0.357 e. The Morgan fingerprint density at radius 3 is 2.42 bits per heavy atom. The normalized spacial score (nSPS) is 25.1. The molecule has 0 bridgehead atoms. The predicted molar refractivity (Wildman–Crippen MR) is 128 cm³/mol. The van der Waals surface area contributed by atoms with E-state index in [2.05, 4.69) is 40.8 Å². The lowest BCUT2D eigenvalue weighted by molar-refractivity contribution is -0.135. The Morgan fingerprint density at radius 2 is 1.74 bits per heavy atom. The van der Waals surface area contributed by atoms with Crippen LogP contribution in [0.2, 0.25) is 0 Å². The number of nitrogens with zero attached hydrogens (tertiary/aromatic N) is 5. The zero-order valence-corrected chi connectivity index (χ0v) is 20.3. The summed E-state index contributed by atoms with van der Waals surface area (Å²) in [6.07, 6.45) is 7.46. The third-order valence-corrected chi connectivity index (χ3v) is 7.16. The average molecular weight is 435 g/mol. The SMILES string of the molecule is CCNC(=NCCCCN1CCCC(C)C1)N1CCN(C(C)C(=O)N2CCCC2)CC1. The number of aliphatic imine (C=N–C) groups is 1. The summed E-state index contributed by atoms with van der Waals surface area (Å²) < 4.78 is 0. The molecule has 7 nitrogen and oxygen atoms in total. The van der Waals surface area contributed by atoms with Crippen molar-refractivity contribution in [3.05, 3.63) is 0 Å². The molecule has 3 saturated heterocycles. The summed E-state index contributed by atoms with van der Waals surface area (Å²) in [5.74, 6) is 2.22. The highest BCUT2D eigenvalue weighted by Crippen LogP contribution is 2.16. The topological polar surface area (TPSA) is 54.4 Å². The Labute approximate surface area is 190 Å². The lowest BCUT2D eigenvalue weighted by Crippen LogP contribution is -2.57. The van der Waals surface area contributed by atoms with Crippen LogP contribution in [0.5, 0.6) is 0 Å². The first-order valence-corrected chi connectivity index (χ1v) is 12.9. The van der Waals surface area contributed by atoms with Gasteiger partial charge in [-0.05, 0) is 71.4 Å². The van der Waals surface area contributed by atoms with E-state index < -0.39 is 0 Å². The van der Waals surface area contributed by atoms with Crippen LogP contribution in [0.15, 0.2) is 4.99 Å². The van der Waals surface area contributed by atoms with Gasteiger partial charge in [-0.25, -0.2) is 0 Å². The Morgan fingerprint density at radius 1 is 1.00 bits per heavy atom. The molecule has 3 fully saturated rings. The molecule has 2 unspecified atom stereocenters. The second kappa shape index (κ2) is 12.6. The fourth-order valence-electron chi connectivity index (χ4n) is 5.23. The highest BCUT2D eigenvalue weighted by molar-refractivity contribution is 5.82. The molecule has 7 heteroatoms. The van der Waals surface area contributed by atoms with Crippen molar-refractivity contribution in [2.75, 3.05) is 72.0 Å². The molecule has 0 aromatic carbocycles. The van der Waals surface area contributed by atoms with Crippen molar-refractivity contribution in [1.82, 2.24) is 24.9 Å². The van der Waals surface area contributed by atoms with E-state index in [-0.39, 0.29) is 6.04 Å². The molecule has 3 rings (SSSR count). The van der Waals surface area contributed by atoms with Crippen LogP contribution in [0, 0.1) is 5.92 Å². The minimum Gasteiger partial charge on any atom is -0.357 e. The molecular formula is C24H46N6O. The maximum absolute atomic E-state index is 12.7. The van der Waals surface area contributed by atoms with E-state index in [9.17, 15) is 4.79 Å². The first-order valence-electron chi connectivity index (χ1n) is 12.9. The Kier molecular flexibility index (Phi) is 9.91. The van der Waals surface area contributed by atoms with Crippen molar-refractivity contribution in [2.45, 2.75) is 65.3 Å². The third kappa shape index (κ3) is 7.35. The molecule has 1 N–H and O–H groups in total. The number of carbonyl (C=O) groups is 1. The van der Waals surface area contributed by atoms with Gasteiger partial charge in [-0.1, -0.05) is 6.92 Å². The van der Waals surface area contributed by atoms with E-state index in [4.69, 9.17) is 4.99 Å². The van der Waals surface area contributed by atoms with Crippen LogP contribution in [-0.4, -0.2) is 110 Å². The molecule has 31 heavy (non-hydrogen) atoms. The van der Waals surface area contributed by atoms with E-state index >= 15 is 0 Å². The van der Waals surface area contributed by atoms with E-state index in [1.807, 2.05) is 4.90 Å². The minimum atomic E-state index is -0.00252. The summed E-state index contributed by atoms with van der Waals surface area (Å²) in [5, 5.41) is 3.48. The van der Waals surface area contributed by atoms with E-state index in [1.165, 1.54) is 38.9 Å². The molecule has 2 atom stereocenters. The fourth-order valence-corrected chi connectivity index (χ4v) is 5.23. The smallest absolute Gasteiger partial charge is 0.239 e. The number of hydrogen-bond donors (Lipinski definition) is 1. The van der Waals surface area contributed by atoms with Gasteiger partial charge in [0.05, 0.1) is 6.04 Å². The number of piperazine rings is 1. The molecule has 3 aliphatic heterocycles. The molecule has 0 aromatic rings. The van der Waals surface area contributed by atoms with Gasteiger partial charge < -0.3 is 20.0 Å². The molecule has 0 saturated carbocycles. The second-order valence-electron chi connectivity index (χ2n) is 9.72. The first kappa shape index (κ1) is 24.3. The fraction of sp³-hybridized carbons (Fsp3) is 0.917. The molecule has 0 aromatic heterocycles. The number of unbranched alkanes of at least 4 members (excludes halogenated alkanes) is 1. The third-order valence-electron chi connectivity index (χ3n) is 7.16. The maximum atomic E-state index is 12.7. The Hall–Kier alpha value is -1.34. The maximum Gasteiger partial charge on any atom is 0.239 e. The van der Waals surface area contributed by atoms with Gasteiger partial charge in [0.15, 0.2) is 5.96 Å². The summed E-state index contributed by atoms with van der Waals surface area (Å²) in [6, 6.07) is -0.00252. The van der Waals surface area contributed by atoms with E-state index in [0.717, 1.165) is 83.5 Å². The zero-order chi connectivity index (χ0) is 22.1. The quantitative estimate of drug-likeness (QED) is 0.360. The molecule has 1 amide bonds. The van der Waals surface area contributed by atoms with E-state index in [0.29, 0.717) is 5.91 Å². The average Bonchev–Trinajstić information content (AvgIpc) is 3.32. The van der Waals surface area contributed by atoms with Gasteiger partial charge in [0.2, 0.25) is 5.91 Å². The van der Waals surface area contributed by atoms with Crippen molar-refractivity contribution < 1.29 is 4.79 Å². The van der Waals surface area contributed by atoms with Crippen LogP contribution >= 0.6 is 0 Å². The summed E-state index contributed by atoms with van der Waals surface area (Å²) in [7, 11) is 0. The van der Waals surface area contributed by atoms with Gasteiger partial charge >= 0.3 is 0 Å². The van der Waals surface area contributed by atoms with Gasteiger partial charge in [0.25, 0.3) is 0 Å². The second-order valence-corrected chi connectivity index (χ2v) is 9.72. The van der Waals surface area contributed by atoms with Crippen LogP contribution < -0.4 is 5.32 Å².